The predicted molar refractivity (Wildman–Crippen MR) is 116 cm³/mol. The predicted octanol–water partition coefficient (Wildman–Crippen LogP) is 5.42. The molecule has 4 nitrogen and oxygen atoms in total. The molecule has 150 valence electrons. The van der Waals surface area contributed by atoms with Gasteiger partial charge in [-0.25, -0.2) is 9.88 Å². The van der Waals surface area contributed by atoms with Crippen molar-refractivity contribution in [2.24, 2.45) is 23.7 Å². The lowest BCUT2D eigenvalue weighted by Gasteiger charge is -2.18. The Bertz CT molecular complexity index is 997. The lowest BCUT2D eigenvalue weighted by molar-refractivity contribution is -0.123. The molecule has 1 saturated heterocycles. The average Bonchev–Trinajstić information content (AvgIpc) is 3.44. The number of hydrogen-bond acceptors (Lipinski definition) is 4. The number of aromatic nitrogens is 1. The second-order valence-electron chi connectivity index (χ2n) is 9.10. The van der Waals surface area contributed by atoms with Gasteiger partial charge < -0.3 is 0 Å². The number of carbonyl (C=O) groups is 2. The van der Waals surface area contributed by atoms with Crippen LogP contribution in [0.15, 0.2) is 40.8 Å². The van der Waals surface area contributed by atoms with Gasteiger partial charge in [-0.3, -0.25) is 9.59 Å². The summed E-state index contributed by atoms with van der Waals surface area (Å²) >= 11 is 1.39. The molecule has 0 N–H and O–H groups in total. The molecule has 2 aromatic rings. The first-order valence-corrected chi connectivity index (χ1v) is 11.4. The van der Waals surface area contributed by atoms with Crippen molar-refractivity contribution in [2.45, 2.75) is 46.5 Å². The summed E-state index contributed by atoms with van der Waals surface area (Å²) in [6, 6.07) is 8.37. The van der Waals surface area contributed by atoms with Crippen LogP contribution in [0.5, 0.6) is 0 Å². The maximum absolute atomic E-state index is 13.3. The zero-order valence-electron chi connectivity index (χ0n) is 17.3. The molecule has 2 saturated carbocycles. The summed E-state index contributed by atoms with van der Waals surface area (Å²) in [6.07, 6.45) is 2.06. The van der Waals surface area contributed by atoms with Gasteiger partial charge in [0.2, 0.25) is 11.8 Å². The quantitative estimate of drug-likeness (QED) is 0.505. The number of rotatable bonds is 3. The molecule has 3 fully saturated rings. The van der Waals surface area contributed by atoms with E-state index in [-0.39, 0.29) is 35.5 Å². The fourth-order valence-corrected chi connectivity index (χ4v) is 6.56. The van der Waals surface area contributed by atoms with Crippen molar-refractivity contribution in [1.29, 1.82) is 0 Å². The van der Waals surface area contributed by atoms with Crippen LogP contribution in [0.25, 0.3) is 11.3 Å². The highest BCUT2D eigenvalue weighted by atomic mass is 32.1. The lowest BCUT2D eigenvalue weighted by Crippen LogP contribution is -2.33. The number of anilines is 1. The van der Waals surface area contributed by atoms with Gasteiger partial charge in [0.15, 0.2) is 5.13 Å². The van der Waals surface area contributed by atoms with Gasteiger partial charge in [-0.05, 0) is 50.0 Å². The summed E-state index contributed by atoms with van der Waals surface area (Å²) in [5.74, 6) is 0.547. The molecule has 1 aromatic heterocycles. The first kappa shape index (κ1) is 18.7. The SMILES string of the molecule is CC(C)=C1[C@H]2CC[C@H]1[C@@H]1C(=O)N(c3nc(-c4ccc(C(C)C)cc4)cs3)C(=O)[C@H]12. The molecule has 2 heterocycles. The van der Waals surface area contributed by atoms with Crippen LogP contribution in [0.2, 0.25) is 0 Å². The molecule has 4 atom stereocenters. The molecule has 5 heteroatoms. The van der Waals surface area contributed by atoms with E-state index >= 15 is 0 Å². The summed E-state index contributed by atoms with van der Waals surface area (Å²) in [7, 11) is 0. The number of thiazole rings is 1. The zero-order valence-corrected chi connectivity index (χ0v) is 18.1. The third-order valence-electron chi connectivity index (χ3n) is 6.99. The fraction of sp³-hybridized carbons (Fsp3) is 0.458. The van der Waals surface area contributed by atoms with Crippen molar-refractivity contribution in [3.8, 4) is 11.3 Å². The molecule has 0 radical (unpaired) electrons. The molecule has 1 aromatic carbocycles. The molecule has 0 unspecified atom stereocenters. The molecule has 1 aliphatic heterocycles. The number of benzene rings is 1. The van der Waals surface area contributed by atoms with Crippen LogP contribution >= 0.6 is 11.3 Å². The van der Waals surface area contributed by atoms with E-state index in [2.05, 4.69) is 56.9 Å². The third kappa shape index (κ3) is 2.67. The molecule has 0 spiro atoms. The second kappa shape index (κ2) is 6.63. The Hall–Kier alpha value is -2.27. The zero-order chi connectivity index (χ0) is 20.4. The van der Waals surface area contributed by atoms with Gasteiger partial charge in [-0.1, -0.05) is 49.3 Å². The Kier molecular flexibility index (Phi) is 4.28. The number of allylic oxidation sites excluding steroid dienone is 2. The van der Waals surface area contributed by atoms with Crippen molar-refractivity contribution < 1.29 is 9.59 Å². The standard InChI is InChI=1S/C24H26N2O2S/c1-12(2)14-5-7-15(8-6-14)18-11-29-24(25-18)26-22(27)20-16-9-10-17(19(16)13(3)4)21(20)23(26)28/h5-8,11-12,16-17,20-21H,9-10H2,1-4H3/t16-,17-,20+,21+/m1/s1. The Morgan fingerprint density at radius 1 is 1.03 bits per heavy atom. The number of imide groups is 1. The molecule has 3 aliphatic rings. The van der Waals surface area contributed by atoms with Crippen LogP contribution < -0.4 is 4.90 Å². The Balaban J connectivity index is 1.44. The van der Waals surface area contributed by atoms with Gasteiger partial charge >= 0.3 is 0 Å². The van der Waals surface area contributed by atoms with Gasteiger partial charge in [-0.2, -0.15) is 0 Å². The number of hydrogen-bond donors (Lipinski definition) is 0. The van der Waals surface area contributed by atoms with E-state index in [1.54, 1.807) is 0 Å². The van der Waals surface area contributed by atoms with E-state index < -0.39 is 0 Å². The molecular weight excluding hydrogens is 380 g/mol. The van der Waals surface area contributed by atoms with Gasteiger partial charge in [0.1, 0.15) is 0 Å². The largest absolute Gasteiger partial charge is 0.274 e. The third-order valence-corrected chi connectivity index (χ3v) is 7.81. The molecule has 2 amide bonds. The first-order chi connectivity index (χ1) is 13.9. The Labute approximate surface area is 175 Å². The van der Waals surface area contributed by atoms with E-state index in [0.29, 0.717) is 11.0 Å². The number of carbonyl (C=O) groups excluding carboxylic acids is 2. The van der Waals surface area contributed by atoms with E-state index in [1.165, 1.54) is 32.9 Å². The highest BCUT2D eigenvalue weighted by Crippen LogP contribution is 2.60. The van der Waals surface area contributed by atoms with Crippen LogP contribution in [-0.4, -0.2) is 16.8 Å². The fourth-order valence-electron chi connectivity index (χ4n) is 5.72. The summed E-state index contributed by atoms with van der Waals surface area (Å²) < 4.78 is 0. The number of amides is 2. The topological polar surface area (TPSA) is 50.3 Å². The van der Waals surface area contributed by atoms with Crippen LogP contribution in [0.1, 0.15) is 52.0 Å². The van der Waals surface area contributed by atoms with E-state index in [4.69, 9.17) is 0 Å². The molecule has 2 aliphatic carbocycles. The minimum Gasteiger partial charge on any atom is -0.274 e. The van der Waals surface area contributed by atoms with Crippen LogP contribution in [0.3, 0.4) is 0 Å². The van der Waals surface area contributed by atoms with Gasteiger partial charge in [0.05, 0.1) is 17.5 Å². The van der Waals surface area contributed by atoms with E-state index in [1.807, 2.05) is 5.38 Å². The molecule has 5 rings (SSSR count). The second-order valence-corrected chi connectivity index (χ2v) is 9.94. The normalized spacial score (nSPS) is 28.0. The average molecular weight is 407 g/mol. The van der Waals surface area contributed by atoms with Crippen molar-refractivity contribution in [2.75, 3.05) is 4.90 Å². The van der Waals surface area contributed by atoms with Crippen LogP contribution in [-0.2, 0) is 9.59 Å². The monoisotopic (exact) mass is 406 g/mol. The minimum atomic E-state index is -0.177. The first-order valence-electron chi connectivity index (χ1n) is 10.5. The summed E-state index contributed by atoms with van der Waals surface area (Å²) in [6.45, 7) is 8.58. The van der Waals surface area contributed by atoms with Crippen molar-refractivity contribution in [3.63, 3.8) is 0 Å². The van der Waals surface area contributed by atoms with Crippen LogP contribution in [0, 0.1) is 23.7 Å². The number of nitrogens with zero attached hydrogens (tertiary/aromatic N) is 2. The van der Waals surface area contributed by atoms with Gasteiger partial charge in [-0.15, -0.1) is 11.3 Å². The minimum absolute atomic E-state index is 0.0398. The maximum atomic E-state index is 13.3. The smallest absolute Gasteiger partial charge is 0.240 e. The summed E-state index contributed by atoms with van der Waals surface area (Å²) in [5.41, 5.74) is 5.80. The van der Waals surface area contributed by atoms with E-state index in [0.717, 1.165) is 24.1 Å². The van der Waals surface area contributed by atoms with Gasteiger partial charge in [0.25, 0.3) is 0 Å². The van der Waals surface area contributed by atoms with E-state index in [9.17, 15) is 9.59 Å². The number of fused-ring (bicyclic) bond motifs is 5. The Morgan fingerprint density at radius 2 is 1.62 bits per heavy atom. The lowest BCUT2D eigenvalue weighted by atomic mass is 9.81. The molecule has 29 heavy (non-hydrogen) atoms. The Morgan fingerprint density at radius 3 is 2.14 bits per heavy atom. The maximum Gasteiger partial charge on any atom is 0.240 e. The van der Waals surface area contributed by atoms with Crippen molar-refractivity contribution in [3.05, 3.63) is 46.4 Å². The van der Waals surface area contributed by atoms with Crippen molar-refractivity contribution >= 4 is 28.3 Å². The van der Waals surface area contributed by atoms with Gasteiger partial charge in [0, 0.05) is 10.9 Å². The highest BCUT2D eigenvalue weighted by Gasteiger charge is 2.64. The summed E-state index contributed by atoms with van der Waals surface area (Å²) in [5, 5.41) is 2.47. The van der Waals surface area contributed by atoms with Crippen LogP contribution in [0.4, 0.5) is 5.13 Å². The molecular formula is C24H26N2O2S. The van der Waals surface area contributed by atoms with Crippen molar-refractivity contribution in [1.82, 2.24) is 4.98 Å². The highest BCUT2D eigenvalue weighted by molar-refractivity contribution is 7.14. The molecule has 2 bridgehead atoms. The summed E-state index contributed by atoms with van der Waals surface area (Å²) in [4.78, 5) is 32.6.